The van der Waals surface area contributed by atoms with Gasteiger partial charge in [-0.05, 0) is 36.5 Å². The van der Waals surface area contributed by atoms with E-state index < -0.39 is 0 Å². The van der Waals surface area contributed by atoms with Crippen LogP contribution in [-0.2, 0) is 4.79 Å². The third-order valence-electron chi connectivity index (χ3n) is 3.42. The van der Waals surface area contributed by atoms with Crippen LogP contribution in [0.2, 0.25) is 0 Å². The van der Waals surface area contributed by atoms with Gasteiger partial charge in [-0.15, -0.1) is 12.4 Å². The Balaban J connectivity index is 0.00000256. The highest BCUT2D eigenvalue weighted by Crippen LogP contribution is 2.42. The van der Waals surface area contributed by atoms with Gasteiger partial charge in [0.2, 0.25) is 5.91 Å². The fraction of sp³-hybridized carbons (Fsp3) is 0.923. The maximum Gasteiger partial charge on any atom is 0.220 e. The molecule has 0 heterocycles. The van der Waals surface area contributed by atoms with Gasteiger partial charge in [-0.1, -0.05) is 20.8 Å². The minimum Gasteiger partial charge on any atom is -0.355 e. The molecule has 17 heavy (non-hydrogen) atoms. The Morgan fingerprint density at radius 2 is 2.06 bits per heavy atom. The van der Waals surface area contributed by atoms with E-state index in [1.807, 2.05) is 0 Å². The number of hydrogen-bond acceptors (Lipinski definition) is 2. The second kappa shape index (κ2) is 7.22. The number of halogens is 1. The number of hydrogen-bond donors (Lipinski definition) is 2. The van der Waals surface area contributed by atoms with Crippen molar-refractivity contribution < 1.29 is 4.79 Å². The maximum absolute atomic E-state index is 11.6. The first-order valence-corrected chi connectivity index (χ1v) is 6.40. The molecule has 0 saturated heterocycles. The molecule has 0 aromatic carbocycles. The number of carbonyl (C=O) groups excluding carboxylic acids is 1. The molecule has 2 unspecified atom stereocenters. The summed E-state index contributed by atoms with van der Waals surface area (Å²) in [5.74, 6) is 1.47. The summed E-state index contributed by atoms with van der Waals surface area (Å²) < 4.78 is 0. The summed E-state index contributed by atoms with van der Waals surface area (Å²) in [6, 6.07) is 0. The van der Waals surface area contributed by atoms with Crippen LogP contribution in [0.4, 0.5) is 0 Å². The van der Waals surface area contributed by atoms with E-state index in [1.54, 1.807) is 0 Å². The molecule has 2 atom stereocenters. The smallest absolute Gasteiger partial charge is 0.220 e. The molecular formula is C13H27ClN2O. The van der Waals surface area contributed by atoms with Crippen LogP contribution < -0.4 is 11.1 Å². The standard InChI is InChI=1S/C13H26N2O.ClH/c1-10-6-11(9-13(2,3)8-10)7-12(16)15-5-4-14;/h10-11H,4-9,14H2,1-3H3,(H,15,16);1H. The zero-order valence-corrected chi connectivity index (χ0v) is 12.1. The van der Waals surface area contributed by atoms with Crippen LogP contribution in [0.3, 0.4) is 0 Å². The highest BCUT2D eigenvalue weighted by Gasteiger charge is 2.32. The Labute approximate surface area is 111 Å². The summed E-state index contributed by atoms with van der Waals surface area (Å²) in [6.07, 6.45) is 4.33. The fourth-order valence-electron chi connectivity index (χ4n) is 3.25. The summed E-state index contributed by atoms with van der Waals surface area (Å²) in [5.41, 5.74) is 5.76. The first-order chi connectivity index (χ1) is 7.43. The summed E-state index contributed by atoms with van der Waals surface area (Å²) in [7, 11) is 0. The van der Waals surface area contributed by atoms with Crippen molar-refractivity contribution in [3.8, 4) is 0 Å². The topological polar surface area (TPSA) is 55.1 Å². The molecular weight excluding hydrogens is 236 g/mol. The van der Waals surface area contributed by atoms with Crippen molar-refractivity contribution in [1.29, 1.82) is 0 Å². The molecule has 3 nitrogen and oxygen atoms in total. The third-order valence-corrected chi connectivity index (χ3v) is 3.42. The van der Waals surface area contributed by atoms with E-state index in [-0.39, 0.29) is 18.3 Å². The Hall–Kier alpha value is -0.280. The van der Waals surface area contributed by atoms with Crippen molar-refractivity contribution >= 4 is 18.3 Å². The molecule has 1 fully saturated rings. The first-order valence-electron chi connectivity index (χ1n) is 6.40. The number of amides is 1. The number of nitrogens with two attached hydrogens (primary N) is 1. The van der Waals surface area contributed by atoms with Crippen LogP contribution >= 0.6 is 12.4 Å². The summed E-state index contributed by atoms with van der Waals surface area (Å²) in [4.78, 5) is 11.6. The average Bonchev–Trinajstić information content (AvgIpc) is 2.11. The van der Waals surface area contributed by atoms with Gasteiger partial charge in [0.25, 0.3) is 0 Å². The van der Waals surface area contributed by atoms with Gasteiger partial charge in [0.15, 0.2) is 0 Å². The van der Waals surface area contributed by atoms with Crippen LogP contribution in [0.5, 0.6) is 0 Å². The van der Waals surface area contributed by atoms with Crippen LogP contribution in [0, 0.1) is 17.3 Å². The summed E-state index contributed by atoms with van der Waals surface area (Å²) >= 11 is 0. The molecule has 102 valence electrons. The van der Waals surface area contributed by atoms with Gasteiger partial charge in [0.05, 0.1) is 0 Å². The molecule has 0 aliphatic heterocycles. The lowest BCUT2D eigenvalue weighted by atomic mass is 9.67. The van der Waals surface area contributed by atoms with Gasteiger partial charge in [-0.2, -0.15) is 0 Å². The molecule has 4 heteroatoms. The second-order valence-electron chi connectivity index (χ2n) is 6.12. The van der Waals surface area contributed by atoms with Crippen molar-refractivity contribution in [3.63, 3.8) is 0 Å². The quantitative estimate of drug-likeness (QED) is 0.817. The van der Waals surface area contributed by atoms with Gasteiger partial charge in [0.1, 0.15) is 0 Å². The average molecular weight is 263 g/mol. The van der Waals surface area contributed by atoms with Gasteiger partial charge in [0, 0.05) is 19.5 Å². The zero-order chi connectivity index (χ0) is 12.2. The minimum atomic E-state index is 0. The van der Waals surface area contributed by atoms with Crippen LogP contribution in [0.1, 0.15) is 46.5 Å². The van der Waals surface area contributed by atoms with Gasteiger partial charge in [-0.25, -0.2) is 0 Å². The Morgan fingerprint density at radius 1 is 1.41 bits per heavy atom. The Morgan fingerprint density at radius 3 is 2.59 bits per heavy atom. The highest BCUT2D eigenvalue weighted by molar-refractivity contribution is 5.85. The molecule has 3 N–H and O–H groups in total. The minimum absolute atomic E-state index is 0. The first kappa shape index (κ1) is 16.7. The Bertz CT molecular complexity index is 244. The van der Waals surface area contributed by atoms with Crippen molar-refractivity contribution in [3.05, 3.63) is 0 Å². The van der Waals surface area contributed by atoms with E-state index in [4.69, 9.17) is 5.73 Å². The molecule has 1 aliphatic rings. The zero-order valence-electron chi connectivity index (χ0n) is 11.3. The lowest BCUT2D eigenvalue weighted by molar-refractivity contribution is -0.122. The summed E-state index contributed by atoms with van der Waals surface area (Å²) in [5, 5.41) is 2.86. The summed E-state index contributed by atoms with van der Waals surface area (Å²) in [6.45, 7) is 8.05. The largest absolute Gasteiger partial charge is 0.355 e. The van der Waals surface area contributed by atoms with Crippen LogP contribution in [0.15, 0.2) is 0 Å². The lowest BCUT2D eigenvalue weighted by Gasteiger charge is -2.38. The van der Waals surface area contributed by atoms with E-state index in [2.05, 4.69) is 26.1 Å². The highest BCUT2D eigenvalue weighted by atomic mass is 35.5. The molecule has 1 rings (SSSR count). The third kappa shape index (κ3) is 6.27. The number of carbonyl (C=O) groups is 1. The molecule has 1 saturated carbocycles. The van der Waals surface area contributed by atoms with Crippen molar-refractivity contribution in [1.82, 2.24) is 5.32 Å². The molecule has 0 aromatic heterocycles. The van der Waals surface area contributed by atoms with Crippen molar-refractivity contribution in [2.24, 2.45) is 23.0 Å². The van der Waals surface area contributed by atoms with E-state index in [0.717, 1.165) is 5.92 Å². The van der Waals surface area contributed by atoms with Gasteiger partial charge < -0.3 is 11.1 Å². The predicted octanol–water partition coefficient (Wildman–Crippen LogP) is 2.34. The fourth-order valence-corrected chi connectivity index (χ4v) is 3.25. The molecule has 0 spiro atoms. The van der Waals surface area contributed by atoms with Crippen LogP contribution in [-0.4, -0.2) is 19.0 Å². The van der Waals surface area contributed by atoms with Gasteiger partial charge >= 0.3 is 0 Å². The monoisotopic (exact) mass is 262 g/mol. The normalized spacial score (nSPS) is 27.1. The lowest BCUT2D eigenvalue weighted by Crippen LogP contribution is -2.34. The van der Waals surface area contributed by atoms with E-state index in [9.17, 15) is 4.79 Å². The Kier molecular flexibility index (Phi) is 7.10. The maximum atomic E-state index is 11.6. The number of nitrogens with one attached hydrogen (secondary N) is 1. The SMILES string of the molecule is CC1CC(CC(=O)NCCN)CC(C)(C)C1.Cl. The molecule has 0 bridgehead atoms. The van der Waals surface area contributed by atoms with Crippen LogP contribution in [0.25, 0.3) is 0 Å². The second-order valence-corrected chi connectivity index (χ2v) is 6.12. The van der Waals surface area contributed by atoms with Crippen molar-refractivity contribution in [2.45, 2.75) is 46.5 Å². The van der Waals surface area contributed by atoms with E-state index in [1.165, 1.54) is 19.3 Å². The molecule has 0 radical (unpaired) electrons. The van der Waals surface area contributed by atoms with Gasteiger partial charge in [-0.3, -0.25) is 4.79 Å². The van der Waals surface area contributed by atoms with E-state index >= 15 is 0 Å². The molecule has 1 aliphatic carbocycles. The predicted molar refractivity (Wildman–Crippen MR) is 74.2 cm³/mol. The molecule has 0 aromatic rings. The molecule has 1 amide bonds. The number of rotatable bonds is 4. The van der Waals surface area contributed by atoms with Crippen molar-refractivity contribution in [2.75, 3.05) is 13.1 Å². The van der Waals surface area contributed by atoms with E-state index in [0.29, 0.717) is 30.8 Å².